The van der Waals surface area contributed by atoms with Gasteiger partial charge in [-0.3, -0.25) is 0 Å². The first-order chi connectivity index (χ1) is 11.0. The summed E-state index contributed by atoms with van der Waals surface area (Å²) in [6.07, 6.45) is 6.25. The van der Waals surface area contributed by atoms with E-state index in [1.54, 1.807) is 6.20 Å². The molecule has 1 heterocycles. The Balaban J connectivity index is 2.17. The number of allylic oxidation sites excluding steroid dienone is 1. The molecular formula is C18H26N2O3. The van der Waals surface area contributed by atoms with Crippen LogP contribution in [0.1, 0.15) is 45.6 Å². The number of ether oxygens (including phenoxy) is 2. The molecule has 1 aliphatic rings. The minimum Gasteiger partial charge on any atom is -0.462 e. The Morgan fingerprint density at radius 1 is 1.52 bits per heavy atom. The van der Waals surface area contributed by atoms with Gasteiger partial charge in [-0.15, -0.1) is 0 Å². The second-order valence-electron chi connectivity index (χ2n) is 6.18. The van der Waals surface area contributed by atoms with Crippen LogP contribution < -0.4 is 5.73 Å². The van der Waals surface area contributed by atoms with Gasteiger partial charge < -0.3 is 15.2 Å². The quantitative estimate of drug-likeness (QED) is 0.815. The van der Waals surface area contributed by atoms with Crippen molar-refractivity contribution < 1.29 is 14.3 Å². The summed E-state index contributed by atoms with van der Waals surface area (Å²) in [6.45, 7) is 6.79. The fraction of sp³-hybridized carbons (Fsp3) is 0.556. The van der Waals surface area contributed by atoms with Gasteiger partial charge in [0.25, 0.3) is 0 Å². The molecule has 0 radical (unpaired) electrons. The summed E-state index contributed by atoms with van der Waals surface area (Å²) in [6, 6.07) is 3.71. The Morgan fingerprint density at radius 3 is 3.00 bits per heavy atom. The molecule has 0 saturated heterocycles. The summed E-state index contributed by atoms with van der Waals surface area (Å²) in [5.74, 6) is 0.397. The topological polar surface area (TPSA) is 74.4 Å². The largest absolute Gasteiger partial charge is 0.462 e. The van der Waals surface area contributed by atoms with Crippen LogP contribution in [0.4, 0.5) is 5.82 Å². The summed E-state index contributed by atoms with van der Waals surface area (Å²) in [7, 11) is 0. The molecule has 5 nitrogen and oxygen atoms in total. The number of nitrogens with zero attached hydrogens (tertiary/aromatic N) is 1. The molecular weight excluding hydrogens is 292 g/mol. The minimum absolute atomic E-state index is 0.217. The lowest BCUT2D eigenvalue weighted by molar-refractivity contribution is -0.145. The van der Waals surface area contributed by atoms with Gasteiger partial charge in [0.2, 0.25) is 0 Å². The second-order valence-corrected chi connectivity index (χ2v) is 6.18. The predicted molar refractivity (Wildman–Crippen MR) is 89.6 cm³/mol. The van der Waals surface area contributed by atoms with Crippen LogP contribution in [0.2, 0.25) is 0 Å². The van der Waals surface area contributed by atoms with Crippen LogP contribution in [-0.2, 0) is 20.9 Å². The lowest BCUT2D eigenvalue weighted by Gasteiger charge is -2.39. The van der Waals surface area contributed by atoms with Crippen molar-refractivity contribution >= 4 is 11.8 Å². The molecule has 0 fully saturated rings. The van der Waals surface area contributed by atoms with Crippen molar-refractivity contribution in [2.75, 3.05) is 12.3 Å². The van der Waals surface area contributed by atoms with Crippen molar-refractivity contribution in [3.05, 3.63) is 35.5 Å². The van der Waals surface area contributed by atoms with Crippen LogP contribution in [0.15, 0.2) is 30.0 Å². The Bertz CT molecular complexity index is 585. The van der Waals surface area contributed by atoms with Crippen molar-refractivity contribution in [3.8, 4) is 0 Å². The highest BCUT2D eigenvalue weighted by Gasteiger charge is 2.42. The van der Waals surface area contributed by atoms with Gasteiger partial charge in [-0.2, -0.15) is 0 Å². The average molecular weight is 318 g/mol. The molecule has 1 aliphatic carbocycles. The molecule has 2 atom stereocenters. The lowest BCUT2D eigenvalue weighted by atomic mass is 9.76. The molecule has 0 saturated carbocycles. The first kappa shape index (κ1) is 17.5. The van der Waals surface area contributed by atoms with Crippen LogP contribution in [-0.4, -0.2) is 23.2 Å². The number of pyridine rings is 1. The minimum atomic E-state index is -0.675. The highest BCUT2D eigenvalue weighted by molar-refractivity contribution is 5.91. The Hall–Kier alpha value is -1.88. The van der Waals surface area contributed by atoms with Crippen molar-refractivity contribution in [1.82, 2.24) is 4.98 Å². The van der Waals surface area contributed by atoms with Gasteiger partial charge in [0, 0.05) is 11.8 Å². The van der Waals surface area contributed by atoms with Crippen LogP contribution in [0.3, 0.4) is 0 Å². The van der Waals surface area contributed by atoms with Crippen LogP contribution in [0.5, 0.6) is 0 Å². The summed E-state index contributed by atoms with van der Waals surface area (Å²) >= 11 is 0. The monoisotopic (exact) mass is 318 g/mol. The normalized spacial score (nSPS) is 24.1. The van der Waals surface area contributed by atoms with Crippen LogP contribution in [0, 0.1) is 5.92 Å². The Kier molecular flexibility index (Phi) is 5.77. The van der Waals surface area contributed by atoms with E-state index in [0.29, 0.717) is 24.6 Å². The van der Waals surface area contributed by atoms with E-state index in [4.69, 9.17) is 15.2 Å². The summed E-state index contributed by atoms with van der Waals surface area (Å²) in [4.78, 5) is 16.5. The molecule has 2 N–H and O–H groups in total. The number of hydrogen-bond donors (Lipinski definition) is 1. The van der Waals surface area contributed by atoms with E-state index < -0.39 is 5.60 Å². The highest BCUT2D eigenvalue weighted by Crippen LogP contribution is 2.38. The van der Waals surface area contributed by atoms with Gasteiger partial charge in [0.15, 0.2) is 0 Å². The number of anilines is 1. The maximum atomic E-state index is 12.4. The van der Waals surface area contributed by atoms with Crippen LogP contribution >= 0.6 is 0 Å². The first-order valence-corrected chi connectivity index (χ1v) is 8.20. The van der Waals surface area contributed by atoms with Crippen molar-refractivity contribution in [2.45, 2.75) is 52.2 Å². The molecule has 23 heavy (non-hydrogen) atoms. The number of carbonyl (C=O) groups excluding carboxylic acids is 1. The number of rotatable bonds is 6. The van der Waals surface area contributed by atoms with E-state index in [9.17, 15) is 4.79 Å². The number of aromatic nitrogens is 1. The SMILES string of the molecule is CCCOC(=O)C1=CCCC(C)[C@]1(C)OCc1cccnc1N. The average Bonchev–Trinajstić information content (AvgIpc) is 2.54. The van der Waals surface area contributed by atoms with E-state index in [1.807, 2.05) is 32.1 Å². The zero-order valence-corrected chi connectivity index (χ0v) is 14.2. The third-order valence-corrected chi connectivity index (χ3v) is 4.53. The molecule has 0 spiro atoms. The smallest absolute Gasteiger partial charge is 0.336 e. The van der Waals surface area contributed by atoms with E-state index >= 15 is 0 Å². The number of nitrogens with two attached hydrogens (primary N) is 1. The molecule has 0 amide bonds. The fourth-order valence-electron chi connectivity index (χ4n) is 2.80. The van der Waals surface area contributed by atoms with Gasteiger partial charge in [-0.25, -0.2) is 9.78 Å². The number of nitrogen functional groups attached to an aromatic ring is 1. The van der Waals surface area contributed by atoms with E-state index in [2.05, 4.69) is 11.9 Å². The molecule has 1 aromatic rings. The molecule has 126 valence electrons. The zero-order chi connectivity index (χ0) is 16.9. The molecule has 5 heteroatoms. The summed E-state index contributed by atoms with van der Waals surface area (Å²) in [5, 5.41) is 0. The van der Waals surface area contributed by atoms with Crippen LogP contribution in [0.25, 0.3) is 0 Å². The van der Waals surface area contributed by atoms with Crippen molar-refractivity contribution in [3.63, 3.8) is 0 Å². The first-order valence-electron chi connectivity index (χ1n) is 8.20. The molecule has 1 aromatic heterocycles. The van der Waals surface area contributed by atoms with Gasteiger partial charge >= 0.3 is 5.97 Å². The molecule has 2 rings (SSSR count). The number of hydrogen-bond acceptors (Lipinski definition) is 5. The Morgan fingerprint density at radius 2 is 2.30 bits per heavy atom. The summed E-state index contributed by atoms with van der Waals surface area (Å²) < 4.78 is 11.5. The number of esters is 1. The van der Waals surface area contributed by atoms with Gasteiger partial charge in [-0.1, -0.05) is 26.0 Å². The standard InChI is InChI=1S/C18H26N2O3/c1-4-11-22-17(21)15-9-5-7-13(2)18(15,3)23-12-14-8-6-10-20-16(14)19/h6,8-10,13H,4-5,7,11-12H2,1-3H3,(H2,19,20)/t13?,18-/m0/s1. The third-order valence-electron chi connectivity index (χ3n) is 4.53. The molecule has 0 bridgehead atoms. The molecule has 0 aliphatic heterocycles. The highest BCUT2D eigenvalue weighted by atomic mass is 16.5. The van der Waals surface area contributed by atoms with E-state index in [1.165, 1.54) is 0 Å². The molecule has 1 unspecified atom stereocenters. The van der Waals surface area contributed by atoms with Gasteiger partial charge in [-0.05, 0) is 38.2 Å². The van der Waals surface area contributed by atoms with Crippen molar-refractivity contribution in [2.24, 2.45) is 5.92 Å². The fourth-order valence-corrected chi connectivity index (χ4v) is 2.80. The van der Waals surface area contributed by atoms with Crippen molar-refractivity contribution in [1.29, 1.82) is 0 Å². The predicted octanol–water partition coefficient (Wildman–Crippen LogP) is 3.25. The second kappa shape index (κ2) is 7.59. The third kappa shape index (κ3) is 3.91. The van der Waals surface area contributed by atoms with Gasteiger partial charge in [0.05, 0.1) is 18.8 Å². The number of carbonyl (C=O) groups is 1. The maximum Gasteiger partial charge on any atom is 0.336 e. The van der Waals surface area contributed by atoms with E-state index in [-0.39, 0.29) is 11.9 Å². The summed E-state index contributed by atoms with van der Waals surface area (Å²) in [5.41, 5.74) is 6.65. The lowest BCUT2D eigenvalue weighted by Crippen LogP contribution is -2.43. The van der Waals surface area contributed by atoms with E-state index in [0.717, 1.165) is 24.8 Å². The molecule has 0 aromatic carbocycles. The maximum absolute atomic E-state index is 12.4. The van der Waals surface area contributed by atoms with Gasteiger partial charge in [0.1, 0.15) is 11.4 Å². The Labute approximate surface area is 137 Å². The zero-order valence-electron chi connectivity index (χ0n) is 14.2.